The number of nitrogens with one attached hydrogen (secondary N) is 1. The van der Waals surface area contributed by atoms with E-state index in [1.807, 2.05) is 0 Å². The van der Waals surface area contributed by atoms with Gasteiger partial charge in [0.05, 0.1) is 0 Å². The number of aromatic amines is 1. The lowest BCUT2D eigenvalue weighted by Crippen LogP contribution is -1.98. The summed E-state index contributed by atoms with van der Waals surface area (Å²) in [6.07, 6.45) is 3.11. The van der Waals surface area contributed by atoms with Gasteiger partial charge in [0.1, 0.15) is 0 Å². The molecule has 2 rings (SSSR count). The summed E-state index contributed by atoms with van der Waals surface area (Å²) in [6, 6.07) is 9.88. The maximum atomic E-state index is 10.2. The second-order valence-electron chi connectivity index (χ2n) is 2.73. The van der Waals surface area contributed by atoms with Gasteiger partial charge in [0.2, 0.25) is 11.4 Å². The van der Waals surface area contributed by atoms with Gasteiger partial charge in [-0.2, -0.15) is 0 Å². The van der Waals surface area contributed by atoms with E-state index in [1.165, 1.54) is 12.3 Å². The van der Waals surface area contributed by atoms with Crippen LogP contribution in [0.15, 0.2) is 53.6 Å². The lowest BCUT2D eigenvalue weighted by molar-refractivity contribution is 0.224. The fourth-order valence-corrected chi connectivity index (χ4v) is 0.946. The summed E-state index contributed by atoms with van der Waals surface area (Å²) in [5.74, 6) is 0.211. The normalized spacial score (nSPS) is 8.76. The predicted octanol–water partition coefficient (Wildman–Crippen LogP) is 2.19. The zero-order valence-electron chi connectivity index (χ0n) is 8.67. The zero-order valence-corrected chi connectivity index (χ0v) is 9.42. The van der Waals surface area contributed by atoms with Gasteiger partial charge in [-0.1, -0.05) is 12.1 Å². The Hall–Kier alpha value is -2.14. The molecule has 1 N–H and O–H groups in total. The Labute approximate surface area is 102 Å². The average Bonchev–Trinajstić information content (AvgIpc) is 2.31. The number of hydrogen-bond acceptors (Lipinski definition) is 4. The van der Waals surface area contributed by atoms with E-state index < -0.39 is 5.43 Å². The quantitative estimate of drug-likeness (QED) is 0.790. The molecule has 0 aliphatic heterocycles. The van der Waals surface area contributed by atoms with Crippen molar-refractivity contribution in [3.63, 3.8) is 0 Å². The van der Waals surface area contributed by atoms with Gasteiger partial charge in [-0.25, -0.2) is 9.78 Å². The SMILES string of the molecule is O=C(Cl)Oc1ccccn1.O=c1cccc[nH]1. The van der Waals surface area contributed by atoms with Crippen molar-refractivity contribution in [3.8, 4) is 5.88 Å². The second kappa shape index (κ2) is 7.19. The Balaban J connectivity index is 0.000000181. The van der Waals surface area contributed by atoms with E-state index in [9.17, 15) is 9.59 Å². The topological polar surface area (TPSA) is 72.0 Å². The van der Waals surface area contributed by atoms with Gasteiger partial charge in [0.25, 0.3) is 0 Å². The van der Waals surface area contributed by atoms with E-state index in [-0.39, 0.29) is 11.4 Å². The smallest absolute Gasteiger partial charge is 0.395 e. The number of rotatable bonds is 1. The fourth-order valence-electron chi connectivity index (χ4n) is 0.867. The van der Waals surface area contributed by atoms with Crippen LogP contribution in [0.25, 0.3) is 0 Å². The van der Waals surface area contributed by atoms with E-state index in [0.717, 1.165) is 0 Å². The summed E-state index contributed by atoms with van der Waals surface area (Å²) >= 11 is 4.91. The lowest BCUT2D eigenvalue weighted by atomic mass is 10.5. The molecule has 2 aromatic heterocycles. The van der Waals surface area contributed by atoms with Crippen LogP contribution in [0.1, 0.15) is 0 Å². The Morgan fingerprint density at radius 3 is 2.41 bits per heavy atom. The third-order valence-corrected chi connectivity index (χ3v) is 1.58. The fraction of sp³-hybridized carbons (Fsp3) is 0. The summed E-state index contributed by atoms with van der Waals surface area (Å²) in [5.41, 5.74) is -0.929. The van der Waals surface area contributed by atoms with Crippen LogP contribution in [-0.2, 0) is 0 Å². The number of hydrogen-bond donors (Lipinski definition) is 1. The Morgan fingerprint density at radius 2 is 2.00 bits per heavy atom. The molecule has 0 aliphatic rings. The van der Waals surface area contributed by atoms with Gasteiger partial charge in [-0.15, -0.1) is 0 Å². The van der Waals surface area contributed by atoms with Crippen LogP contribution in [-0.4, -0.2) is 15.4 Å². The highest BCUT2D eigenvalue weighted by atomic mass is 35.5. The van der Waals surface area contributed by atoms with E-state index in [4.69, 9.17) is 11.6 Å². The first-order valence-electron chi connectivity index (χ1n) is 4.60. The largest absolute Gasteiger partial charge is 0.410 e. The van der Waals surface area contributed by atoms with Gasteiger partial charge in [-0.05, 0) is 12.1 Å². The van der Waals surface area contributed by atoms with E-state index in [0.29, 0.717) is 0 Å². The summed E-state index contributed by atoms with van der Waals surface area (Å²) < 4.78 is 4.43. The van der Waals surface area contributed by atoms with Crippen molar-refractivity contribution in [3.05, 3.63) is 59.1 Å². The van der Waals surface area contributed by atoms with Gasteiger partial charge in [0.15, 0.2) is 0 Å². The molecule has 0 amide bonds. The standard InChI is InChI=1S/C6H4ClNO2.C5H5NO/c7-6(9)10-5-3-1-2-4-8-5;7-5-3-1-2-4-6-5/h1-4H;1-4H,(H,6,7). The van der Waals surface area contributed by atoms with Crippen molar-refractivity contribution >= 4 is 17.0 Å². The van der Waals surface area contributed by atoms with Gasteiger partial charge in [0, 0.05) is 36.1 Å². The minimum absolute atomic E-state index is 0.0532. The molecule has 0 bridgehead atoms. The molecule has 2 aromatic rings. The van der Waals surface area contributed by atoms with Crippen LogP contribution in [0.3, 0.4) is 0 Å². The summed E-state index contributed by atoms with van der Waals surface area (Å²) in [5, 5.41) is 0. The molecule has 0 aliphatic carbocycles. The van der Waals surface area contributed by atoms with Crippen LogP contribution in [0.4, 0.5) is 4.79 Å². The molecule has 88 valence electrons. The van der Waals surface area contributed by atoms with Crippen LogP contribution < -0.4 is 10.3 Å². The van der Waals surface area contributed by atoms with Crippen LogP contribution in [0, 0.1) is 0 Å². The van der Waals surface area contributed by atoms with Crippen LogP contribution in [0.2, 0.25) is 0 Å². The molecule has 5 nitrogen and oxygen atoms in total. The highest BCUT2D eigenvalue weighted by molar-refractivity contribution is 6.61. The molecule has 2 heterocycles. The zero-order chi connectivity index (χ0) is 12.5. The van der Waals surface area contributed by atoms with Crippen molar-refractivity contribution in [2.24, 2.45) is 0 Å². The highest BCUT2D eigenvalue weighted by Gasteiger charge is 1.97. The minimum Gasteiger partial charge on any atom is -0.395 e. The van der Waals surface area contributed by atoms with E-state index >= 15 is 0 Å². The number of H-pyrrole nitrogens is 1. The number of aromatic nitrogens is 2. The molecule has 0 saturated heterocycles. The molecular weight excluding hydrogens is 244 g/mol. The molecule has 0 atom stereocenters. The number of carbonyl (C=O) groups excluding carboxylic acids is 1. The number of nitrogens with zero attached hydrogens (tertiary/aromatic N) is 1. The Kier molecular flexibility index (Phi) is 5.46. The molecule has 17 heavy (non-hydrogen) atoms. The predicted molar refractivity (Wildman–Crippen MR) is 63.2 cm³/mol. The first-order valence-corrected chi connectivity index (χ1v) is 4.98. The molecule has 0 aromatic carbocycles. The van der Waals surface area contributed by atoms with Crippen molar-refractivity contribution in [2.45, 2.75) is 0 Å². The van der Waals surface area contributed by atoms with E-state index in [1.54, 1.807) is 36.5 Å². The number of halogens is 1. The molecule has 0 fully saturated rings. The minimum atomic E-state index is -0.876. The maximum Gasteiger partial charge on any atom is 0.410 e. The maximum absolute atomic E-state index is 10.2. The molecule has 0 radical (unpaired) electrons. The van der Waals surface area contributed by atoms with Gasteiger partial charge in [-0.3, -0.25) is 4.79 Å². The summed E-state index contributed by atoms with van der Waals surface area (Å²) in [6.45, 7) is 0. The van der Waals surface area contributed by atoms with Crippen molar-refractivity contribution in [1.82, 2.24) is 9.97 Å². The first kappa shape index (κ1) is 12.9. The Bertz CT molecular complexity index is 496. The summed E-state index contributed by atoms with van der Waals surface area (Å²) in [4.78, 5) is 26.5. The number of pyridine rings is 2. The average molecular weight is 253 g/mol. The van der Waals surface area contributed by atoms with Crippen molar-refractivity contribution in [2.75, 3.05) is 0 Å². The Morgan fingerprint density at radius 1 is 1.24 bits per heavy atom. The highest BCUT2D eigenvalue weighted by Crippen LogP contribution is 2.04. The van der Waals surface area contributed by atoms with Crippen molar-refractivity contribution < 1.29 is 9.53 Å². The molecule has 0 unspecified atom stereocenters. The second-order valence-corrected chi connectivity index (χ2v) is 3.04. The first-order chi connectivity index (χ1) is 8.18. The lowest BCUT2D eigenvalue weighted by Gasteiger charge is -1.94. The van der Waals surface area contributed by atoms with Crippen molar-refractivity contribution in [1.29, 1.82) is 0 Å². The van der Waals surface area contributed by atoms with Crippen LogP contribution in [0.5, 0.6) is 5.88 Å². The van der Waals surface area contributed by atoms with E-state index in [2.05, 4.69) is 14.7 Å². The monoisotopic (exact) mass is 252 g/mol. The third-order valence-electron chi connectivity index (χ3n) is 1.50. The number of ether oxygens (including phenoxy) is 1. The molecule has 6 heteroatoms. The molecule has 0 spiro atoms. The number of carbonyl (C=O) groups is 1. The molecule has 0 saturated carbocycles. The third kappa shape index (κ3) is 6.11. The van der Waals surface area contributed by atoms with Gasteiger partial charge >= 0.3 is 5.43 Å². The van der Waals surface area contributed by atoms with Crippen LogP contribution >= 0.6 is 11.6 Å². The molecular formula is C11H9ClN2O3. The summed E-state index contributed by atoms with van der Waals surface area (Å²) in [7, 11) is 0. The van der Waals surface area contributed by atoms with Gasteiger partial charge < -0.3 is 9.72 Å².